The van der Waals surface area contributed by atoms with Gasteiger partial charge in [0.2, 0.25) is 0 Å². The summed E-state index contributed by atoms with van der Waals surface area (Å²) in [6, 6.07) is 11.0. The largest absolute Gasteiger partial charge is 0.493 e. The quantitative estimate of drug-likeness (QED) is 0.851. The Hall–Kier alpha value is -2.15. The summed E-state index contributed by atoms with van der Waals surface area (Å²) in [5, 5.41) is 2.66. The second-order valence-electron chi connectivity index (χ2n) is 4.21. The van der Waals surface area contributed by atoms with Gasteiger partial charge in [-0.15, -0.1) is 0 Å². The van der Waals surface area contributed by atoms with Crippen molar-refractivity contribution in [2.24, 2.45) is 0 Å². The maximum atomic E-state index is 12.4. The van der Waals surface area contributed by atoms with Crippen LogP contribution in [0.1, 0.15) is 10.4 Å². The highest BCUT2D eigenvalue weighted by Crippen LogP contribution is 2.29. The van der Waals surface area contributed by atoms with Gasteiger partial charge in [-0.25, -0.2) is 0 Å². The van der Waals surface area contributed by atoms with Gasteiger partial charge in [-0.2, -0.15) is 8.78 Å². The fourth-order valence-corrected chi connectivity index (χ4v) is 2.01. The number of alkyl halides is 2. The highest BCUT2D eigenvalue weighted by Gasteiger charge is 2.14. The molecule has 0 aliphatic heterocycles. The zero-order valence-corrected chi connectivity index (χ0v) is 13.1. The summed E-state index contributed by atoms with van der Waals surface area (Å²) in [6.07, 6.45) is 0. The number of carbonyl (C=O) groups is 1. The van der Waals surface area contributed by atoms with E-state index in [1.54, 1.807) is 24.3 Å². The minimum atomic E-state index is -3.00. The summed E-state index contributed by atoms with van der Waals surface area (Å²) < 4.78 is 34.9. The van der Waals surface area contributed by atoms with Gasteiger partial charge in [0.05, 0.1) is 7.11 Å². The molecule has 7 heteroatoms. The summed E-state index contributed by atoms with van der Waals surface area (Å²) >= 11 is 3.29. The van der Waals surface area contributed by atoms with Gasteiger partial charge in [-0.05, 0) is 42.5 Å². The van der Waals surface area contributed by atoms with E-state index in [0.717, 1.165) is 4.47 Å². The fourth-order valence-electron chi connectivity index (χ4n) is 1.74. The molecule has 2 rings (SSSR count). The molecule has 0 aliphatic rings. The van der Waals surface area contributed by atoms with Crippen molar-refractivity contribution in [1.29, 1.82) is 0 Å². The van der Waals surface area contributed by atoms with Crippen LogP contribution >= 0.6 is 15.9 Å². The third-order valence-corrected chi connectivity index (χ3v) is 3.27. The summed E-state index contributed by atoms with van der Waals surface area (Å²) in [4.78, 5) is 12.1. The van der Waals surface area contributed by atoms with Gasteiger partial charge >= 0.3 is 6.61 Å². The van der Waals surface area contributed by atoms with E-state index in [0.29, 0.717) is 5.69 Å². The number of hydrogen-bond donors (Lipinski definition) is 1. The summed E-state index contributed by atoms with van der Waals surface area (Å²) in [6.45, 7) is -3.00. The SMILES string of the molecule is COc1ccc(C(=O)Nc2ccc(Br)cc2)cc1OC(F)F. The highest BCUT2D eigenvalue weighted by molar-refractivity contribution is 9.10. The zero-order chi connectivity index (χ0) is 16.1. The van der Waals surface area contributed by atoms with Gasteiger partial charge in [0.1, 0.15) is 0 Å². The lowest BCUT2D eigenvalue weighted by atomic mass is 10.2. The molecule has 0 aromatic heterocycles. The van der Waals surface area contributed by atoms with Crippen molar-refractivity contribution in [3.63, 3.8) is 0 Å². The van der Waals surface area contributed by atoms with Crippen molar-refractivity contribution in [2.45, 2.75) is 6.61 Å². The Kier molecular flexibility index (Phi) is 5.32. The van der Waals surface area contributed by atoms with Crippen LogP contribution in [0.2, 0.25) is 0 Å². The number of nitrogens with one attached hydrogen (secondary N) is 1. The third-order valence-electron chi connectivity index (χ3n) is 2.74. The minimum absolute atomic E-state index is 0.125. The van der Waals surface area contributed by atoms with Crippen LogP contribution in [0.3, 0.4) is 0 Å². The molecule has 1 amide bonds. The van der Waals surface area contributed by atoms with Crippen LogP contribution in [0.4, 0.5) is 14.5 Å². The Bertz CT molecular complexity index is 662. The van der Waals surface area contributed by atoms with Gasteiger partial charge < -0.3 is 14.8 Å². The van der Waals surface area contributed by atoms with Crippen LogP contribution in [0, 0.1) is 0 Å². The van der Waals surface area contributed by atoms with Crippen molar-refractivity contribution in [1.82, 2.24) is 0 Å². The first kappa shape index (κ1) is 16.2. The van der Waals surface area contributed by atoms with E-state index in [2.05, 4.69) is 26.0 Å². The first-order chi connectivity index (χ1) is 10.5. The Morgan fingerprint density at radius 3 is 2.41 bits per heavy atom. The van der Waals surface area contributed by atoms with Crippen LogP contribution in [0.5, 0.6) is 11.5 Å². The standard InChI is InChI=1S/C15H12BrF2NO3/c1-21-12-7-2-9(8-13(12)22-15(17)18)14(20)19-11-5-3-10(16)4-6-11/h2-8,15H,1H3,(H,19,20). The van der Waals surface area contributed by atoms with E-state index < -0.39 is 12.5 Å². The molecule has 4 nitrogen and oxygen atoms in total. The molecule has 0 saturated carbocycles. The number of hydrogen-bond acceptors (Lipinski definition) is 3. The van der Waals surface area contributed by atoms with Crippen LogP contribution < -0.4 is 14.8 Å². The second kappa shape index (κ2) is 7.22. The molecular formula is C15H12BrF2NO3. The molecule has 0 spiro atoms. The Morgan fingerprint density at radius 1 is 1.14 bits per heavy atom. The number of rotatable bonds is 5. The Morgan fingerprint density at radius 2 is 1.82 bits per heavy atom. The molecule has 0 fully saturated rings. The lowest BCUT2D eigenvalue weighted by Gasteiger charge is -2.11. The van der Waals surface area contributed by atoms with Crippen LogP contribution in [0.15, 0.2) is 46.9 Å². The minimum Gasteiger partial charge on any atom is -0.493 e. The molecule has 22 heavy (non-hydrogen) atoms. The van der Waals surface area contributed by atoms with E-state index in [1.165, 1.54) is 25.3 Å². The number of anilines is 1. The first-order valence-electron chi connectivity index (χ1n) is 6.19. The number of carbonyl (C=O) groups excluding carboxylic acids is 1. The van der Waals surface area contributed by atoms with Gasteiger partial charge in [-0.1, -0.05) is 15.9 Å². The zero-order valence-electron chi connectivity index (χ0n) is 11.5. The predicted molar refractivity (Wildman–Crippen MR) is 81.7 cm³/mol. The molecule has 2 aromatic carbocycles. The molecule has 0 saturated heterocycles. The lowest BCUT2D eigenvalue weighted by Crippen LogP contribution is -2.12. The van der Waals surface area contributed by atoms with Gasteiger partial charge in [0.15, 0.2) is 11.5 Å². The molecule has 0 aliphatic carbocycles. The Balaban J connectivity index is 2.20. The maximum Gasteiger partial charge on any atom is 0.387 e. The highest BCUT2D eigenvalue weighted by atomic mass is 79.9. The maximum absolute atomic E-state index is 12.4. The van der Waals surface area contributed by atoms with Crippen LogP contribution in [-0.4, -0.2) is 19.6 Å². The smallest absolute Gasteiger partial charge is 0.387 e. The van der Waals surface area contributed by atoms with Gasteiger partial charge in [0, 0.05) is 15.7 Å². The number of ether oxygens (including phenoxy) is 2. The lowest BCUT2D eigenvalue weighted by molar-refractivity contribution is -0.0512. The Labute approximate surface area is 134 Å². The molecule has 0 bridgehead atoms. The summed E-state index contributed by atoms with van der Waals surface area (Å²) in [7, 11) is 1.33. The number of halogens is 3. The van der Waals surface area contributed by atoms with E-state index in [-0.39, 0.29) is 17.1 Å². The molecule has 0 heterocycles. The molecule has 2 aromatic rings. The van der Waals surface area contributed by atoms with E-state index in [9.17, 15) is 13.6 Å². The average molecular weight is 372 g/mol. The average Bonchev–Trinajstić information content (AvgIpc) is 2.49. The van der Waals surface area contributed by atoms with Crippen molar-refractivity contribution in [3.8, 4) is 11.5 Å². The second-order valence-corrected chi connectivity index (χ2v) is 5.12. The van der Waals surface area contributed by atoms with Gasteiger partial charge in [0.25, 0.3) is 5.91 Å². The van der Waals surface area contributed by atoms with E-state index in [1.807, 2.05) is 0 Å². The predicted octanol–water partition coefficient (Wildman–Crippen LogP) is 4.31. The molecule has 116 valence electrons. The number of amides is 1. The third kappa shape index (κ3) is 4.17. The molecule has 1 N–H and O–H groups in total. The van der Waals surface area contributed by atoms with Crippen molar-refractivity contribution in [3.05, 3.63) is 52.5 Å². The summed E-state index contributed by atoms with van der Waals surface area (Å²) in [5.41, 5.74) is 0.764. The van der Waals surface area contributed by atoms with Crippen molar-refractivity contribution in [2.75, 3.05) is 12.4 Å². The van der Waals surface area contributed by atoms with Gasteiger partial charge in [-0.3, -0.25) is 4.79 Å². The topological polar surface area (TPSA) is 47.6 Å². The van der Waals surface area contributed by atoms with Crippen LogP contribution in [0.25, 0.3) is 0 Å². The molecule has 0 atom stereocenters. The normalized spacial score (nSPS) is 10.4. The monoisotopic (exact) mass is 371 g/mol. The fraction of sp³-hybridized carbons (Fsp3) is 0.133. The number of methoxy groups -OCH3 is 1. The van der Waals surface area contributed by atoms with E-state index in [4.69, 9.17) is 4.74 Å². The van der Waals surface area contributed by atoms with Crippen molar-refractivity contribution >= 4 is 27.5 Å². The molecule has 0 unspecified atom stereocenters. The molecule has 0 radical (unpaired) electrons. The molecular weight excluding hydrogens is 360 g/mol. The summed E-state index contributed by atoms with van der Waals surface area (Å²) in [5.74, 6) is -0.509. The first-order valence-corrected chi connectivity index (χ1v) is 6.98. The van der Waals surface area contributed by atoms with Crippen LogP contribution in [-0.2, 0) is 0 Å². The van der Waals surface area contributed by atoms with E-state index >= 15 is 0 Å². The van der Waals surface area contributed by atoms with Crippen molar-refractivity contribution < 1.29 is 23.0 Å². The number of benzene rings is 2.